The van der Waals surface area contributed by atoms with Crippen molar-refractivity contribution in [1.29, 1.82) is 0 Å². The van der Waals surface area contributed by atoms with Crippen LogP contribution < -0.4 is 16.2 Å². The number of carbonyl (C=O) groups excluding carboxylic acids is 1. The van der Waals surface area contributed by atoms with Gasteiger partial charge in [-0.2, -0.15) is 5.10 Å². The van der Waals surface area contributed by atoms with Crippen molar-refractivity contribution in [1.82, 2.24) is 30.9 Å². The van der Waals surface area contributed by atoms with E-state index in [0.29, 0.717) is 13.1 Å². The van der Waals surface area contributed by atoms with Crippen LogP contribution in [-0.4, -0.2) is 39.3 Å². The van der Waals surface area contributed by atoms with Gasteiger partial charge < -0.3 is 5.32 Å². The highest BCUT2D eigenvalue weighted by Crippen LogP contribution is 2.26. The SMILES string of the molecule is CCC1NNC(C(=O)NCCn2nc(-c3ccc(F)cc3)cc2-c2cccnc2)C1C. The zero-order valence-corrected chi connectivity index (χ0v) is 17.7. The third kappa shape index (κ3) is 4.65. The fraction of sp³-hybridized carbons (Fsp3) is 0.348. The molecule has 3 atom stereocenters. The van der Waals surface area contributed by atoms with Gasteiger partial charge in [-0.05, 0) is 54.8 Å². The molecule has 0 aliphatic carbocycles. The topological polar surface area (TPSA) is 83.9 Å². The lowest BCUT2D eigenvalue weighted by Crippen LogP contribution is -2.46. The second kappa shape index (κ2) is 9.36. The molecule has 2 aromatic heterocycles. The van der Waals surface area contributed by atoms with Crippen LogP contribution in [0.5, 0.6) is 0 Å². The molecule has 0 radical (unpaired) electrons. The number of benzene rings is 1. The maximum absolute atomic E-state index is 13.3. The fourth-order valence-corrected chi connectivity index (χ4v) is 3.96. The van der Waals surface area contributed by atoms with Crippen LogP contribution in [-0.2, 0) is 11.3 Å². The van der Waals surface area contributed by atoms with Gasteiger partial charge in [0.2, 0.25) is 5.91 Å². The normalized spacial score (nSPS) is 20.7. The maximum Gasteiger partial charge on any atom is 0.238 e. The smallest absolute Gasteiger partial charge is 0.238 e. The molecule has 3 aromatic rings. The standard InChI is InChI=1S/C23H27FN6O/c1-3-19-15(2)22(28-27-19)23(31)26-11-12-30-21(17-5-4-10-25-14-17)13-20(29-30)16-6-8-18(24)9-7-16/h4-10,13-15,19,22,27-28H,3,11-12H2,1-2H3,(H,26,31). The molecule has 4 rings (SSSR count). The summed E-state index contributed by atoms with van der Waals surface area (Å²) in [5, 5.41) is 7.72. The fourth-order valence-electron chi connectivity index (χ4n) is 3.96. The van der Waals surface area contributed by atoms with E-state index in [-0.39, 0.29) is 29.7 Å². The minimum atomic E-state index is -0.284. The minimum Gasteiger partial charge on any atom is -0.353 e. The second-order valence-corrected chi connectivity index (χ2v) is 7.82. The average Bonchev–Trinajstić information content (AvgIpc) is 3.38. The Bertz CT molecular complexity index is 1020. The summed E-state index contributed by atoms with van der Waals surface area (Å²) in [5.41, 5.74) is 9.68. The number of nitrogens with one attached hydrogen (secondary N) is 3. The number of hydrazine groups is 1. The molecule has 8 heteroatoms. The molecule has 1 aliphatic heterocycles. The van der Waals surface area contributed by atoms with Crippen molar-refractivity contribution in [2.75, 3.05) is 6.54 Å². The molecule has 1 amide bonds. The molecule has 3 N–H and O–H groups in total. The third-order valence-corrected chi connectivity index (χ3v) is 5.81. The lowest BCUT2D eigenvalue weighted by molar-refractivity contribution is -0.123. The van der Waals surface area contributed by atoms with Gasteiger partial charge in [0.05, 0.1) is 17.9 Å². The van der Waals surface area contributed by atoms with Gasteiger partial charge in [0.15, 0.2) is 0 Å². The average molecular weight is 423 g/mol. The van der Waals surface area contributed by atoms with Crippen molar-refractivity contribution in [3.8, 4) is 22.5 Å². The molecule has 3 heterocycles. The van der Waals surface area contributed by atoms with Crippen LogP contribution in [0.1, 0.15) is 20.3 Å². The summed E-state index contributed by atoms with van der Waals surface area (Å²) in [5.74, 6) is -0.0940. The molecule has 1 fully saturated rings. The number of halogens is 1. The summed E-state index contributed by atoms with van der Waals surface area (Å²) in [6.07, 6.45) is 4.46. The molecule has 1 aliphatic rings. The van der Waals surface area contributed by atoms with E-state index in [4.69, 9.17) is 5.10 Å². The van der Waals surface area contributed by atoms with Crippen molar-refractivity contribution >= 4 is 5.91 Å². The number of carbonyl (C=O) groups is 1. The quantitative estimate of drug-likeness (QED) is 0.545. The van der Waals surface area contributed by atoms with Crippen LogP contribution in [0.3, 0.4) is 0 Å². The molecule has 3 unspecified atom stereocenters. The zero-order valence-electron chi connectivity index (χ0n) is 17.7. The van der Waals surface area contributed by atoms with Crippen molar-refractivity contribution in [2.45, 2.75) is 38.9 Å². The molecular weight excluding hydrogens is 395 g/mol. The molecule has 31 heavy (non-hydrogen) atoms. The number of hydrogen-bond donors (Lipinski definition) is 3. The first-order valence-corrected chi connectivity index (χ1v) is 10.6. The summed E-state index contributed by atoms with van der Waals surface area (Å²) < 4.78 is 15.2. The van der Waals surface area contributed by atoms with Gasteiger partial charge in [-0.15, -0.1) is 0 Å². The maximum atomic E-state index is 13.3. The lowest BCUT2D eigenvalue weighted by Gasteiger charge is -2.17. The summed E-state index contributed by atoms with van der Waals surface area (Å²) in [7, 11) is 0. The van der Waals surface area contributed by atoms with E-state index in [1.807, 2.05) is 22.9 Å². The number of hydrogen-bond acceptors (Lipinski definition) is 5. The molecule has 162 valence electrons. The minimum absolute atomic E-state index is 0.0233. The second-order valence-electron chi connectivity index (χ2n) is 7.82. The number of pyridine rings is 1. The van der Waals surface area contributed by atoms with Crippen LogP contribution in [0, 0.1) is 11.7 Å². The number of amides is 1. The summed E-state index contributed by atoms with van der Waals surface area (Å²) in [6, 6.07) is 12.1. The van der Waals surface area contributed by atoms with E-state index in [1.54, 1.807) is 24.5 Å². The van der Waals surface area contributed by atoms with Gasteiger partial charge in [0.1, 0.15) is 11.9 Å². The summed E-state index contributed by atoms with van der Waals surface area (Å²) >= 11 is 0. The lowest BCUT2D eigenvalue weighted by atomic mass is 9.94. The highest BCUT2D eigenvalue weighted by atomic mass is 19.1. The molecule has 1 saturated heterocycles. The number of nitrogens with zero attached hydrogens (tertiary/aromatic N) is 3. The van der Waals surface area contributed by atoms with Crippen molar-refractivity contribution in [2.24, 2.45) is 5.92 Å². The van der Waals surface area contributed by atoms with Crippen molar-refractivity contribution in [3.63, 3.8) is 0 Å². The van der Waals surface area contributed by atoms with Crippen LogP contribution in [0.25, 0.3) is 22.5 Å². The van der Waals surface area contributed by atoms with E-state index < -0.39 is 0 Å². The van der Waals surface area contributed by atoms with Gasteiger partial charge in [0, 0.05) is 36.1 Å². The number of rotatable bonds is 7. The van der Waals surface area contributed by atoms with Crippen LogP contribution in [0.4, 0.5) is 4.39 Å². The summed E-state index contributed by atoms with van der Waals surface area (Å²) in [6.45, 7) is 5.13. The molecule has 0 bridgehead atoms. The predicted molar refractivity (Wildman–Crippen MR) is 117 cm³/mol. The molecule has 7 nitrogen and oxygen atoms in total. The molecule has 1 aromatic carbocycles. The first-order valence-electron chi connectivity index (χ1n) is 10.6. The van der Waals surface area contributed by atoms with E-state index in [0.717, 1.165) is 28.9 Å². The molecule has 0 spiro atoms. The van der Waals surface area contributed by atoms with Gasteiger partial charge in [-0.1, -0.05) is 13.8 Å². The largest absolute Gasteiger partial charge is 0.353 e. The van der Waals surface area contributed by atoms with Gasteiger partial charge in [-0.25, -0.2) is 9.82 Å². The highest BCUT2D eigenvalue weighted by molar-refractivity contribution is 5.82. The van der Waals surface area contributed by atoms with E-state index in [2.05, 4.69) is 35.0 Å². The highest BCUT2D eigenvalue weighted by Gasteiger charge is 2.35. The molecular formula is C23H27FN6O. The first kappa shape index (κ1) is 21.1. The third-order valence-electron chi connectivity index (χ3n) is 5.81. The van der Waals surface area contributed by atoms with Crippen molar-refractivity contribution in [3.05, 3.63) is 60.7 Å². The predicted octanol–water partition coefficient (Wildman–Crippen LogP) is 2.76. The van der Waals surface area contributed by atoms with E-state index in [1.165, 1.54) is 12.1 Å². The Balaban J connectivity index is 1.49. The Morgan fingerprint density at radius 2 is 2.00 bits per heavy atom. The van der Waals surface area contributed by atoms with Gasteiger partial charge in [-0.3, -0.25) is 19.9 Å². The molecule has 0 saturated carbocycles. The zero-order chi connectivity index (χ0) is 21.8. The van der Waals surface area contributed by atoms with Gasteiger partial charge >= 0.3 is 0 Å². The first-order chi connectivity index (χ1) is 15.1. The Morgan fingerprint density at radius 3 is 2.68 bits per heavy atom. The Kier molecular flexibility index (Phi) is 6.39. The van der Waals surface area contributed by atoms with E-state index in [9.17, 15) is 9.18 Å². The van der Waals surface area contributed by atoms with E-state index >= 15 is 0 Å². The number of aromatic nitrogens is 3. The summed E-state index contributed by atoms with van der Waals surface area (Å²) in [4.78, 5) is 16.8. The monoisotopic (exact) mass is 422 g/mol. The van der Waals surface area contributed by atoms with Crippen LogP contribution >= 0.6 is 0 Å². The Morgan fingerprint density at radius 1 is 1.19 bits per heavy atom. The van der Waals surface area contributed by atoms with Crippen molar-refractivity contribution < 1.29 is 9.18 Å². The van der Waals surface area contributed by atoms with Crippen LogP contribution in [0.15, 0.2) is 54.9 Å². The Hall–Kier alpha value is -3.10. The van der Waals surface area contributed by atoms with Gasteiger partial charge in [0.25, 0.3) is 0 Å². The van der Waals surface area contributed by atoms with Crippen LogP contribution in [0.2, 0.25) is 0 Å². The Labute approximate surface area is 181 Å².